The van der Waals surface area contributed by atoms with Crippen LogP contribution < -0.4 is 10.1 Å². The number of ether oxygens (including phenoxy) is 2. The van der Waals surface area contributed by atoms with Gasteiger partial charge in [-0.25, -0.2) is 4.39 Å². The van der Waals surface area contributed by atoms with E-state index in [0.717, 1.165) is 17.4 Å². The second kappa shape index (κ2) is 9.15. The van der Waals surface area contributed by atoms with Crippen LogP contribution in [0.25, 0.3) is 22.3 Å². The summed E-state index contributed by atoms with van der Waals surface area (Å²) in [5, 5.41) is 10.1. The summed E-state index contributed by atoms with van der Waals surface area (Å²) in [6.07, 6.45) is 1.95. The molecule has 2 aromatic carbocycles. The maximum Gasteiger partial charge on any atom is 0.264 e. The fraction of sp³-hybridized carbons (Fsp3) is 0.190. The summed E-state index contributed by atoms with van der Waals surface area (Å²) in [5.41, 5.74) is 1.53. The molecule has 2 N–H and O–H groups in total. The molecule has 4 aromatic rings. The molecule has 2 aromatic heterocycles. The number of carbonyl (C=O) groups is 1. The summed E-state index contributed by atoms with van der Waals surface area (Å²) in [6.45, 7) is 1.10. The lowest BCUT2D eigenvalue weighted by Crippen LogP contribution is -2.20. The quantitative estimate of drug-likeness (QED) is 0.431. The molecule has 0 radical (unpaired) electrons. The minimum absolute atomic E-state index is 0.0295. The van der Waals surface area contributed by atoms with Gasteiger partial charge in [-0.2, -0.15) is 4.98 Å². The molecule has 0 aliphatic rings. The van der Waals surface area contributed by atoms with Crippen molar-refractivity contribution >= 4 is 34.4 Å². The third kappa shape index (κ3) is 4.68. The first-order valence-corrected chi connectivity index (χ1v) is 9.80. The standard InChI is InChI=1S/C21H19ClFN5O3/c1-30-10-9-28-8-7-14-17(28)3-2-4-18(14)31-12-19(29)24-21-25-20(26-27-21)13-5-6-16(23)15(22)11-13/h2-8,11H,9-10,12H2,1H3,(H2,24,25,26,27,29). The van der Waals surface area contributed by atoms with E-state index in [0.29, 0.717) is 23.7 Å². The van der Waals surface area contributed by atoms with Crippen molar-refractivity contribution in [2.45, 2.75) is 6.54 Å². The van der Waals surface area contributed by atoms with Crippen molar-refractivity contribution in [3.05, 3.63) is 59.5 Å². The first-order chi connectivity index (χ1) is 15.0. The Labute approximate surface area is 181 Å². The van der Waals surface area contributed by atoms with Crippen molar-refractivity contribution in [1.82, 2.24) is 19.7 Å². The highest BCUT2D eigenvalue weighted by Crippen LogP contribution is 2.27. The van der Waals surface area contributed by atoms with Gasteiger partial charge in [0.2, 0.25) is 5.95 Å². The summed E-state index contributed by atoms with van der Waals surface area (Å²) < 4.78 is 26.2. The van der Waals surface area contributed by atoms with Gasteiger partial charge >= 0.3 is 0 Å². The fourth-order valence-corrected chi connectivity index (χ4v) is 3.28. The second-order valence-electron chi connectivity index (χ2n) is 6.66. The number of aromatic nitrogens is 4. The van der Waals surface area contributed by atoms with E-state index in [9.17, 15) is 9.18 Å². The Hall–Kier alpha value is -3.43. The van der Waals surface area contributed by atoms with Crippen molar-refractivity contribution in [2.24, 2.45) is 0 Å². The van der Waals surface area contributed by atoms with Crippen molar-refractivity contribution in [1.29, 1.82) is 0 Å². The average molecular weight is 444 g/mol. The van der Waals surface area contributed by atoms with E-state index in [2.05, 4.69) is 25.1 Å². The number of rotatable bonds is 8. The molecule has 8 nitrogen and oxygen atoms in total. The Morgan fingerprint density at radius 2 is 2.16 bits per heavy atom. The van der Waals surface area contributed by atoms with Gasteiger partial charge in [-0.15, -0.1) is 5.10 Å². The molecule has 0 saturated carbocycles. The van der Waals surface area contributed by atoms with E-state index in [1.54, 1.807) is 13.2 Å². The predicted octanol–water partition coefficient (Wildman–Crippen LogP) is 3.88. The van der Waals surface area contributed by atoms with Gasteiger partial charge in [0, 0.05) is 30.8 Å². The molecule has 31 heavy (non-hydrogen) atoms. The van der Waals surface area contributed by atoms with Crippen LogP contribution in [-0.4, -0.2) is 46.0 Å². The number of amides is 1. The Balaban J connectivity index is 1.39. The largest absolute Gasteiger partial charge is 0.483 e. The lowest BCUT2D eigenvalue weighted by Gasteiger charge is -2.08. The van der Waals surface area contributed by atoms with Gasteiger partial charge in [0.1, 0.15) is 11.6 Å². The number of halogens is 2. The van der Waals surface area contributed by atoms with Crippen LogP contribution >= 0.6 is 11.6 Å². The molecular formula is C21H19ClFN5O3. The maximum absolute atomic E-state index is 13.3. The summed E-state index contributed by atoms with van der Waals surface area (Å²) in [4.78, 5) is 16.5. The topological polar surface area (TPSA) is 94.1 Å². The number of hydrogen-bond donors (Lipinski definition) is 2. The van der Waals surface area contributed by atoms with Crippen molar-refractivity contribution in [3.8, 4) is 17.1 Å². The molecule has 0 aliphatic heterocycles. The number of carbonyl (C=O) groups excluding carboxylic acids is 1. The fourth-order valence-electron chi connectivity index (χ4n) is 3.10. The van der Waals surface area contributed by atoms with E-state index >= 15 is 0 Å². The van der Waals surface area contributed by atoms with Gasteiger partial charge in [0.25, 0.3) is 5.91 Å². The van der Waals surface area contributed by atoms with Crippen molar-refractivity contribution < 1.29 is 18.7 Å². The molecule has 0 spiro atoms. The first kappa shape index (κ1) is 20.8. The van der Waals surface area contributed by atoms with Gasteiger partial charge in [-0.05, 0) is 36.4 Å². The van der Waals surface area contributed by atoms with Crippen LogP contribution in [0.5, 0.6) is 5.75 Å². The number of benzene rings is 2. The Morgan fingerprint density at radius 1 is 1.29 bits per heavy atom. The van der Waals surface area contributed by atoms with Crippen LogP contribution in [-0.2, 0) is 16.1 Å². The summed E-state index contributed by atoms with van der Waals surface area (Å²) in [7, 11) is 1.66. The zero-order valence-corrected chi connectivity index (χ0v) is 17.3. The number of H-pyrrole nitrogens is 1. The van der Waals surface area contributed by atoms with Gasteiger partial charge in [-0.1, -0.05) is 17.7 Å². The molecular weight excluding hydrogens is 425 g/mol. The van der Waals surface area contributed by atoms with Crippen LogP contribution in [0.3, 0.4) is 0 Å². The minimum Gasteiger partial charge on any atom is -0.483 e. The predicted molar refractivity (Wildman–Crippen MR) is 115 cm³/mol. The third-order valence-corrected chi connectivity index (χ3v) is 4.89. The Bertz CT molecular complexity index is 1220. The zero-order valence-electron chi connectivity index (χ0n) is 16.6. The van der Waals surface area contributed by atoms with Crippen molar-refractivity contribution in [3.63, 3.8) is 0 Å². The van der Waals surface area contributed by atoms with Crippen LogP contribution in [0.1, 0.15) is 0 Å². The SMILES string of the molecule is COCCn1ccc2c(OCC(=O)Nc3n[nH]c(-c4ccc(F)c(Cl)c4)n3)cccc21. The molecule has 0 atom stereocenters. The highest BCUT2D eigenvalue weighted by atomic mass is 35.5. The molecule has 0 bridgehead atoms. The van der Waals surface area contributed by atoms with Crippen LogP contribution in [0.2, 0.25) is 5.02 Å². The molecule has 1 amide bonds. The molecule has 0 aliphatic carbocycles. The van der Waals surface area contributed by atoms with Gasteiger partial charge in [0.05, 0.1) is 17.1 Å². The minimum atomic E-state index is -0.528. The molecule has 2 heterocycles. The molecule has 10 heteroatoms. The van der Waals surface area contributed by atoms with Gasteiger partial charge in [0.15, 0.2) is 12.4 Å². The Kier molecular flexibility index (Phi) is 6.15. The summed E-state index contributed by atoms with van der Waals surface area (Å²) in [6, 6.07) is 11.8. The number of hydrogen-bond acceptors (Lipinski definition) is 5. The van der Waals surface area contributed by atoms with E-state index in [4.69, 9.17) is 21.1 Å². The lowest BCUT2D eigenvalue weighted by atomic mass is 10.2. The molecule has 0 unspecified atom stereocenters. The highest BCUT2D eigenvalue weighted by Gasteiger charge is 2.12. The second-order valence-corrected chi connectivity index (χ2v) is 7.07. The van der Waals surface area contributed by atoms with E-state index < -0.39 is 11.7 Å². The highest BCUT2D eigenvalue weighted by molar-refractivity contribution is 6.31. The van der Waals surface area contributed by atoms with E-state index in [1.165, 1.54) is 18.2 Å². The smallest absolute Gasteiger partial charge is 0.264 e. The monoisotopic (exact) mass is 443 g/mol. The van der Waals surface area contributed by atoms with Gasteiger partial charge in [-0.3, -0.25) is 15.2 Å². The average Bonchev–Trinajstić information content (AvgIpc) is 3.40. The normalized spacial score (nSPS) is 11.1. The summed E-state index contributed by atoms with van der Waals surface area (Å²) >= 11 is 5.79. The third-order valence-electron chi connectivity index (χ3n) is 4.60. The Morgan fingerprint density at radius 3 is 2.97 bits per heavy atom. The zero-order chi connectivity index (χ0) is 21.8. The molecule has 0 saturated heterocycles. The summed E-state index contributed by atoms with van der Waals surface area (Å²) in [5.74, 6) is 0.0758. The maximum atomic E-state index is 13.3. The van der Waals surface area contributed by atoms with Crippen LogP contribution in [0, 0.1) is 5.82 Å². The molecule has 4 rings (SSSR count). The number of nitrogens with zero attached hydrogens (tertiary/aromatic N) is 3. The van der Waals surface area contributed by atoms with Crippen molar-refractivity contribution in [2.75, 3.05) is 25.6 Å². The number of aromatic amines is 1. The van der Waals surface area contributed by atoms with E-state index in [1.807, 2.05) is 24.4 Å². The number of methoxy groups -OCH3 is 1. The van der Waals surface area contributed by atoms with Gasteiger partial charge < -0.3 is 14.0 Å². The van der Waals surface area contributed by atoms with Crippen LogP contribution in [0.4, 0.5) is 10.3 Å². The lowest BCUT2D eigenvalue weighted by molar-refractivity contribution is -0.118. The first-order valence-electron chi connectivity index (χ1n) is 9.42. The number of nitrogens with one attached hydrogen (secondary N) is 2. The number of anilines is 1. The molecule has 160 valence electrons. The van der Waals surface area contributed by atoms with E-state index in [-0.39, 0.29) is 17.6 Å². The number of fused-ring (bicyclic) bond motifs is 1. The van der Waals surface area contributed by atoms with Crippen LogP contribution in [0.15, 0.2) is 48.7 Å². The molecule has 0 fully saturated rings.